The fourth-order valence-corrected chi connectivity index (χ4v) is 4.08. The second kappa shape index (κ2) is 8.65. The van der Waals surface area contributed by atoms with Crippen LogP contribution >= 0.6 is 0 Å². The van der Waals surface area contributed by atoms with Crippen molar-refractivity contribution in [1.82, 2.24) is 10.2 Å². The minimum atomic E-state index is -0.1000. The number of ether oxygens (including phenoxy) is 1. The summed E-state index contributed by atoms with van der Waals surface area (Å²) in [6, 6.07) is 18.9. The molecule has 5 heteroatoms. The quantitative estimate of drug-likeness (QED) is 0.867. The molecule has 2 aliphatic heterocycles. The number of piperazine rings is 1. The molecule has 5 nitrogen and oxygen atoms in total. The van der Waals surface area contributed by atoms with Crippen molar-refractivity contribution >= 4 is 11.6 Å². The van der Waals surface area contributed by atoms with E-state index in [2.05, 4.69) is 52.4 Å². The zero-order valence-corrected chi connectivity index (χ0v) is 16.5. The van der Waals surface area contributed by atoms with Crippen LogP contribution in [0.1, 0.15) is 12.5 Å². The molecule has 148 valence electrons. The van der Waals surface area contributed by atoms with Crippen LogP contribution in [0.5, 0.6) is 5.75 Å². The van der Waals surface area contributed by atoms with E-state index in [4.69, 9.17) is 4.74 Å². The molecule has 2 aromatic carbocycles. The Labute approximate surface area is 167 Å². The van der Waals surface area contributed by atoms with Crippen molar-refractivity contribution in [1.29, 1.82) is 0 Å². The molecule has 0 aromatic heterocycles. The fraction of sp³-hybridized carbons (Fsp3) is 0.435. The number of rotatable bonds is 5. The molecule has 0 saturated carbocycles. The van der Waals surface area contributed by atoms with Gasteiger partial charge in [0.25, 0.3) is 0 Å². The molecule has 4 rings (SSSR count). The van der Waals surface area contributed by atoms with E-state index in [1.54, 1.807) is 0 Å². The van der Waals surface area contributed by atoms with Crippen LogP contribution in [0.3, 0.4) is 0 Å². The van der Waals surface area contributed by atoms with Gasteiger partial charge in [0.15, 0.2) is 0 Å². The van der Waals surface area contributed by atoms with Gasteiger partial charge >= 0.3 is 0 Å². The first-order chi connectivity index (χ1) is 13.7. The maximum atomic E-state index is 12.6. The van der Waals surface area contributed by atoms with Gasteiger partial charge in [-0.15, -0.1) is 0 Å². The first-order valence-electron chi connectivity index (χ1n) is 10.2. The third-order valence-electron chi connectivity index (χ3n) is 5.88. The number of hydrogen-bond acceptors (Lipinski definition) is 4. The number of anilines is 1. The Morgan fingerprint density at radius 1 is 1.07 bits per heavy atom. The average molecular weight is 380 g/mol. The van der Waals surface area contributed by atoms with Crippen molar-refractivity contribution in [3.8, 4) is 5.75 Å². The summed E-state index contributed by atoms with van der Waals surface area (Å²) in [6.45, 7) is 7.43. The molecule has 2 atom stereocenters. The molecule has 0 aliphatic carbocycles. The summed E-state index contributed by atoms with van der Waals surface area (Å²) in [5.41, 5.74) is 2.42. The van der Waals surface area contributed by atoms with Crippen LogP contribution < -0.4 is 15.0 Å². The van der Waals surface area contributed by atoms with Crippen LogP contribution in [-0.4, -0.2) is 56.2 Å². The summed E-state index contributed by atoms with van der Waals surface area (Å²) in [7, 11) is 0. The number of benzene rings is 2. The van der Waals surface area contributed by atoms with E-state index in [1.165, 1.54) is 5.69 Å². The number of nitrogens with one attached hydrogen (secondary N) is 1. The summed E-state index contributed by atoms with van der Waals surface area (Å²) >= 11 is 0. The summed E-state index contributed by atoms with van der Waals surface area (Å²) in [6.07, 6.45) is 0.756. The van der Waals surface area contributed by atoms with E-state index < -0.39 is 0 Å². The van der Waals surface area contributed by atoms with Crippen molar-refractivity contribution in [2.45, 2.75) is 19.4 Å². The molecular formula is C23H29N3O2. The van der Waals surface area contributed by atoms with E-state index in [9.17, 15) is 4.79 Å². The SMILES string of the molecule is C[C@@H](CNC(=O)[C@H]1COc2ccccc2C1)N1CCN(c2ccccc2)CC1. The zero-order valence-electron chi connectivity index (χ0n) is 16.5. The minimum absolute atomic E-state index is 0.1000. The van der Waals surface area contributed by atoms with Crippen LogP contribution in [0.25, 0.3) is 0 Å². The van der Waals surface area contributed by atoms with E-state index in [1.807, 2.05) is 24.3 Å². The standard InChI is InChI=1S/C23H29N3O2/c1-18(25-11-13-26(14-12-25)21-8-3-2-4-9-21)16-24-23(27)20-15-19-7-5-6-10-22(19)28-17-20/h2-10,18,20H,11-17H2,1H3,(H,24,27)/t18-,20+/m0/s1. The lowest BCUT2D eigenvalue weighted by Gasteiger charge is -2.39. The Morgan fingerprint density at radius 3 is 2.57 bits per heavy atom. The maximum Gasteiger partial charge on any atom is 0.226 e. The summed E-state index contributed by atoms with van der Waals surface area (Å²) < 4.78 is 5.76. The van der Waals surface area contributed by atoms with Crippen LogP contribution in [0.2, 0.25) is 0 Å². The fourth-order valence-electron chi connectivity index (χ4n) is 4.08. The first kappa shape index (κ1) is 18.8. The molecule has 1 amide bonds. The van der Waals surface area contributed by atoms with Gasteiger partial charge in [0, 0.05) is 44.5 Å². The Kier molecular flexibility index (Phi) is 5.81. The number of carbonyl (C=O) groups excluding carboxylic acids is 1. The van der Waals surface area contributed by atoms with Crippen LogP contribution in [-0.2, 0) is 11.2 Å². The molecule has 2 heterocycles. The number of nitrogens with zero attached hydrogens (tertiary/aromatic N) is 2. The van der Waals surface area contributed by atoms with Gasteiger partial charge in [-0.2, -0.15) is 0 Å². The lowest BCUT2D eigenvalue weighted by molar-refractivity contribution is -0.126. The Balaban J connectivity index is 1.23. The van der Waals surface area contributed by atoms with Crippen molar-refractivity contribution in [2.75, 3.05) is 44.2 Å². The summed E-state index contributed by atoms with van der Waals surface area (Å²) in [5, 5.41) is 3.15. The molecule has 1 saturated heterocycles. The van der Waals surface area contributed by atoms with Gasteiger partial charge in [0.1, 0.15) is 12.4 Å². The van der Waals surface area contributed by atoms with Crippen LogP contribution in [0, 0.1) is 5.92 Å². The predicted octanol–water partition coefficient (Wildman–Crippen LogP) is 2.56. The van der Waals surface area contributed by atoms with Crippen LogP contribution in [0.15, 0.2) is 54.6 Å². The molecule has 0 radical (unpaired) electrons. The highest BCUT2D eigenvalue weighted by Gasteiger charge is 2.27. The van der Waals surface area contributed by atoms with E-state index in [0.717, 1.165) is 43.9 Å². The molecule has 0 bridgehead atoms. The van der Waals surface area contributed by atoms with Gasteiger partial charge in [0.2, 0.25) is 5.91 Å². The van der Waals surface area contributed by atoms with Gasteiger partial charge in [-0.1, -0.05) is 36.4 Å². The van der Waals surface area contributed by atoms with E-state index in [0.29, 0.717) is 19.2 Å². The molecule has 0 unspecified atom stereocenters. The molecular weight excluding hydrogens is 350 g/mol. The van der Waals surface area contributed by atoms with Crippen molar-refractivity contribution in [2.24, 2.45) is 5.92 Å². The average Bonchev–Trinajstić information content (AvgIpc) is 2.77. The second-order valence-electron chi connectivity index (χ2n) is 7.77. The third kappa shape index (κ3) is 4.30. The van der Waals surface area contributed by atoms with Crippen molar-refractivity contribution in [3.63, 3.8) is 0 Å². The minimum Gasteiger partial charge on any atom is -0.492 e. The van der Waals surface area contributed by atoms with Gasteiger partial charge in [-0.05, 0) is 37.1 Å². The highest BCUT2D eigenvalue weighted by Crippen LogP contribution is 2.26. The largest absolute Gasteiger partial charge is 0.492 e. The van der Waals surface area contributed by atoms with Crippen molar-refractivity contribution in [3.05, 3.63) is 60.2 Å². The molecule has 1 fully saturated rings. The number of hydrogen-bond donors (Lipinski definition) is 1. The highest BCUT2D eigenvalue weighted by molar-refractivity contribution is 5.79. The van der Waals surface area contributed by atoms with Crippen molar-refractivity contribution < 1.29 is 9.53 Å². The van der Waals surface area contributed by atoms with Gasteiger partial charge < -0.3 is 15.0 Å². The Morgan fingerprint density at radius 2 is 1.79 bits per heavy atom. The molecule has 0 spiro atoms. The maximum absolute atomic E-state index is 12.6. The zero-order chi connectivity index (χ0) is 19.3. The molecule has 28 heavy (non-hydrogen) atoms. The number of carbonyl (C=O) groups is 1. The van der Waals surface area contributed by atoms with Gasteiger partial charge in [0.05, 0.1) is 5.92 Å². The lowest BCUT2D eigenvalue weighted by Crippen LogP contribution is -2.53. The number of amides is 1. The van der Waals surface area contributed by atoms with Gasteiger partial charge in [-0.25, -0.2) is 0 Å². The lowest BCUT2D eigenvalue weighted by atomic mass is 9.96. The van der Waals surface area contributed by atoms with Gasteiger partial charge in [-0.3, -0.25) is 9.69 Å². The first-order valence-corrected chi connectivity index (χ1v) is 10.2. The predicted molar refractivity (Wildman–Crippen MR) is 112 cm³/mol. The number of fused-ring (bicyclic) bond motifs is 1. The van der Waals surface area contributed by atoms with E-state index >= 15 is 0 Å². The second-order valence-corrected chi connectivity index (χ2v) is 7.77. The number of para-hydroxylation sites is 2. The normalized spacial score (nSPS) is 20.8. The Hall–Kier alpha value is -2.53. The molecule has 1 N–H and O–H groups in total. The van der Waals surface area contributed by atoms with Crippen LogP contribution in [0.4, 0.5) is 5.69 Å². The molecule has 2 aliphatic rings. The monoisotopic (exact) mass is 379 g/mol. The summed E-state index contributed by atoms with van der Waals surface area (Å²) in [4.78, 5) is 17.5. The third-order valence-corrected chi connectivity index (χ3v) is 5.88. The smallest absolute Gasteiger partial charge is 0.226 e. The van der Waals surface area contributed by atoms with E-state index in [-0.39, 0.29) is 11.8 Å². The highest BCUT2D eigenvalue weighted by atomic mass is 16.5. The Bertz CT molecular complexity index is 787. The topological polar surface area (TPSA) is 44.8 Å². The summed E-state index contributed by atoms with van der Waals surface area (Å²) in [5.74, 6) is 0.914. The molecule has 2 aromatic rings.